The van der Waals surface area contributed by atoms with Crippen LogP contribution in [0.5, 0.6) is 0 Å². The average Bonchev–Trinajstić information content (AvgIpc) is 2.38. The second-order valence-corrected chi connectivity index (χ2v) is 6.49. The van der Waals surface area contributed by atoms with E-state index < -0.39 is 0 Å². The van der Waals surface area contributed by atoms with Crippen LogP contribution in [0.15, 0.2) is 0 Å². The summed E-state index contributed by atoms with van der Waals surface area (Å²) in [4.78, 5) is 25.7. The van der Waals surface area contributed by atoms with Gasteiger partial charge >= 0.3 is 0 Å². The van der Waals surface area contributed by atoms with Gasteiger partial charge in [0.05, 0.1) is 12.6 Å². The number of Topliss-reactive ketones (excluding diaryl/α,β-unsaturated/α-hetero) is 1. The molecule has 1 atom stereocenters. The van der Waals surface area contributed by atoms with E-state index in [0.29, 0.717) is 6.54 Å². The second kappa shape index (κ2) is 7.18. The summed E-state index contributed by atoms with van der Waals surface area (Å²) in [6, 6.07) is -0.366. The van der Waals surface area contributed by atoms with Gasteiger partial charge in [-0.25, -0.2) is 0 Å². The van der Waals surface area contributed by atoms with Crippen molar-refractivity contribution in [3.63, 3.8) is 0 Å². The van der Waals surface area contributed by atoms with Gasteiger partial charge in [-0.2, -0.15) is 0 Å². The summed E-state index contributed by atoms with van der Waals surface area (Å²) < 4.78 is 0. The third kappa shape index (κ3) is 4.87. The SMILES string of the molecule is CNC1(C)CCN(CC(=O)NC(C(C)=O)C(C)C)CC1. The van der Waals surface area contributed by atoms with Crippen LogP contribution in [0.3, 0.4) is 0 Å². The first-order valence-corrected chi connectivity index (χ1v) is 7.48. The molecule has 20 heavy (non-hydrogen) atoms. The van der Waals surface area contributed by atoms with E-state index in [1.54, 1.807) is 0 Å². The van der Waals surface area contributed by atoms with E-state index in [9.17, 15) is 9.59 Å². The molecule has 1 aliphatic heterocycles. The summed E-state index contributed by atoms with van der Waals surface area (Å²) in [5.74, 6) is 0.104. The van der Waals surface area contributed by atoms with E-state index in [4.69, 9.17) is 0 Å². The van der Waals surface area contributed by atoms with Crippen molar-refractivity contribution in [3.8, 4) is 0 Å². The van der Waals surface area contributed by atoms with Gasteiger partial charge in [-0.1, -0.05) is 13.8 Å². The van der Waals surface area contributed by atoms with Gasteiger partial charge in [0, 0.05) is 18.6 Å². The monoisotopic (exact) mass is 283 g/mol. The van der Waals surface area contributed by atoms with Crippen molar-refractivity contribution in [2.75, 3.05) is 26.7 Å². The van der Waals surface area contributed by atoms with Crippen molar-refractivity contribution in [1.82, 2.24) is 15.5 Å². The molecule has 0 radical (unpaired) electrons. The third-order valence-corrected chi connectivity index (χ3v) is 4.35. The van der Waals surface area contributed by atoms with Crippen LogP contribution in [0, 0.1) is 5.92 Å². The van der Waals surface area contributed by atoms with Crippen molar-refractivity contribution < 1.29 is 9.59 Å². The predicted octanol–water partition coefficient (Wildman–Crippen LogP) is 0.790. The maximum absolute atomic E-state index is 12.0. The van der Waals surface area contributed by atoms with Crippen molar-refractivity contribution in [3.05, 3.63) is 0 Å². The Kier molecular flexibility index (Phi) is 6.14. The Bertz CT molecular complexity index is 347. The number of hydrogen-bond donors (Lipinski definition) is 2. The molecule has 1 rings (SSSR count). The van der Waals surface area contributed by atoms with Crippen LogP contribution >= 0.6 is 0 Å². The number of carbonyl (C=O) groups is 2. The highest BCUT2D eigenvalue weighted by molar-refractivity contribution is 5.88. The van der Waals surface area contributed by atoms with Gasteiger partial charge < -0.3 is 10.6 Å². The molecule has 116 valence electrons. The molecule has 0 aromatic heterocycles. The number of nitrogens with zero attached hydrogens (tertiary/aromatic N) is 1. The minimum atomic E-state index is -0.366. The number of rotatable bonds is 6. The molecule has 0 aromatic carbocycles. The van der Waals surface area contributed by atoms with Crippen molar-refractivity contribution in [1.29, 1.82) is 0 Å². The van der Waals surface area contributed by atoms with Crippen LogP contribution in [0.2, 0.25) is 0 Å². The zero-order valence-corrected chi connectivity index (χ0v) is 13.5. The summed E-state index contributed by atoms with van der Waals surface area (Å²) in [6.07, 6.45) is 2.08. The fourth-order valence-corrected chi connectivity index (χ4v) is 2.61. The standard InChI is InChI=1S/C15H29N3O2/c1-11(2)14(12(3)19)17-13(20)10-18-8-6-15(4,16-5)7-9-18/h11,14,16H,6-10H2,1-5H3,(H,17,20). The zero-order chi connectivity index (χ0) is 15.3. The van der Waals surface area contributed by atoms with Gasteiger partial charge in [-0.05, 0) is 39.7 Å². The molecule has 0 aliphatic carbocycles. The Morgan fingerprint density at radius 2 is 1.80 bits per heavy atom. The van der Waals surface area contributed by atoms with Crippen LogP contribution in [0.25, 0.3) is 0 Å². The molecule has 0 saturated carbocycles. The fraction of sp³-hybridized carbons (Fsp3) is 0.867. The second-order valence-electron chi connectivity index (χ2n) is 6.49. The molecule has 5 heteroatoms. The Morgan fingerprint density at radius 3 is 2.20 bits per heavy atom. The maximum atomic E-state index is 12.0. The molecule has 2 N–H and O–H groups in total. The molecule has 1 aliphatic rings. The number of nitrogens with one attached hydrogen (secondary N) is 2. The Balaban J connectivity index is 2.42. The van der Waals surface area contributed by atoms with Gasteiger partial charge in [0.2, 0.25) is 5.91 Å². The maximum Gasteiger partial charge on any atom is 0.234 e. The Hall–Kier alpha value is -0.940. The van der Waals surface area contributed by atoms with Gasteiger partial charge in [0.1, 0.15) is 0 Å². The molecule has 5 nitrogen and oxygen atoms in total. The average molecular weight is 283 g/mol. The van der Waals surface area contributed by atoms with Gasteiger partial charge in [-0.15, -0.1) is 0 Å². The van der Waals surface area contributed by atoms with E-state index in [2.05, 4.69) is 22.5 Å². The van der Waals surface area contributed by atoms with E-state index in [0.717, 1.165) is 25.9 Å². The molecule has 1 heterocycles. The summed E-state index contributed by atoms with van der Waals surface area (Å²) in [7, 11) is 1.99. The molecule has 1 fully saturated rings. The van der Waals surface area contributed by atoms with Crippen LogP contribution in [0.1, 0.15) is 40.5 Å². The van der Waals surface area contributed by atoms with Crippen LogP contribution in [-0.2, 0) is 9.59 Å². The minimum absolute atomic E-state index is 0.0229. The third-order valence-electron chi connectivity index (χ3n) is 4.35. The van der Waals surface area contributed by atoms with E-state index >= 15 is 0 Å². The Labute approximate surface area is 122 Å². The molecule has 0 aromatic rings. The summed E-state index contributed by atoms with van der Waals surface area (Å²) in [5, 5.41) is 6.20. The lowest BCUT2D eigenvalue weighted by molar-refractivity contribution is -0.128. The first-order chi connectivity index (χ1) is 9.27. The van der Waals surface area contributed by atoms with Crippen LogP contribution in [0.4, 0.5) is 0 Å². The molecule has 0 spiro atoms. The topological polar surface area (TPSA) is 61.4 Å². The lowest BCUT2D eigenvalue weighted by Crippen LogP contribution is -2.53. The molecule has 1 saturated heterocycles. The molecule has 0 bridgehead atoms. The Morgan fingerprint density at radius 1 is 1.25 bits per heavy atom. The largest absolute Gasteiger partial charge is 0.345 e. The van der Waals surface area contributed by atoms with Gasteiger partial charge in [0.15, 0.2) is 5.78 Å². The van der Waals surface area contributed by atoms with Crippen LogP contribution in [-0.4, -0.2) is 54.9 Å². The van der Waals surface area contributed by atoms with E-state index in [-0.39, 0.29) is 29.2 Å². The predicted molar refractivity (Wildman–Crippen MR) is 80.6 cm³/mol. The summed E-state index contributed by atoms with van der Waals surface area (Å²) in [5.41, 5.74) is 0.187. The highest BCUT2D eigenvalue weighted by atomic mass is 16.2. The normalized spacial score (nSPS) is 20.7. The first kappa shape index (κ1) is 17.1. The summed E-state index contributed by atoms with van der Waals surface area (Å²) >= 11 is 0. The zero-order valence-electron chi connectivity index (χ0n) is 13.5. The lowest BCUT2D eigenvalue weighted by Gasteiger charge is -2.39. The number of carbonyl (C=O) groups excluding carboxylic acids is 2. The lowest BCUT2D eigenvalue weighted by atomic mass is 9.90. The highest BCUT2D eigenvalue weighted by Gasteiger charge is 2.29. The molecule has 1 amide bonds. The minimum Gasteiger partial charge on any atom is -0.345 e. The number of likely N-dealkylation sites (tertiary alicyclic amines) is 1. The number of ketones is 1. The molecular weight excluding hydrogens is 254 g/mol. The smallest absolute Gasteiger partial charge is 0.234 e. The quantitative estimate of drug-likeness (QED) is 0.756. The van der Waals surface area contributed by atoms with Crippen molar-refractivity contribution >= 4 is 11.7 Å². The highest BCUT2D eigenvalue weighted by Crippen LogP contribution is 2.20. The molecule has 1 unspecified atom stereocenters. The number of amides is 1. The van der Waals surface area contributed by atoms with E-state index in [1.807, 2.05) is 20.9 Å². The van der Waals surface area contributed by atoms with E-state index in [1.165, 1.54) is 6.92 Å². The first-order valence-electron chi connectivity index (χ1n) is 7.48. The summed E-state index contributed by atoms with van der Waals surface area (Å²) in [6.45, 7) is 9.86. The van der Waals surface area contributed by atoms with Crippen molar-refractivity contribution in [2.24, 2.45) is 5.92 Å². The van der Waals surface area contributed by atoms with Gasteiger partial charge in [-0.3, -0.25) is 14.5 Å². The van der Waals surface area contributed by atoms with Gasteiger partial charge in [0.25, 0.3) is 0 Å². The van der Waals surface area contributed by atoms with Crippen molar-refractivity contribution in [2.45, 2.75) is 52.1 Å². The molecular formula is C15H29N3O2. The number of piperidine rings is 1. The van der Waals surface area contributed by atoms with Crippen LogP contribution < -0.4 is 10.6 Å². The number of hydrogen-bond acceptors (Lipinski definition) is 4. The fourth-order valence-electron chi connectivity index (χ4n) is 2.61.